The highest BCUT2D eigenvalue weighted by molar-refractivity contribution is 5.90. The molecular formula is C29H36N4O8. The largest absolute Gasteiger partial charge is 0.478 e. The third-order valence-electron chi connectivity index (χ3n) is 6.68. The number of hydrogen-bond acceptors (Lipinski definition) is 7. The number of unbranched alkanes of at least 4 members (excludes halogenated alkanes) is 1. The highest BCUT2D eigenvalue weighted by Gasteiger charge is 2.28. The molecule has 1 unspecified atom stereocenters. The van der Waals surface area contributed by atoms with Gasteiger partial charge in [-0.05, 0) is 63.0 Å². The number of carboxylic acids is 4. The van der Waals surface area contributed by atoms with Gasteiger partial charge in [0.15, 0.2) is 0 Å². The molecule has 4 rings (SSSR count). The van der Waals surface area contributed by atoms with Crippen molar-refractivity contribution in [1.29, 1.82) is 5.26 Å². The molecule has 1 aromatic carbocycles. The number of aryl methyl sites for hydroxylation is 1. The first-order valence-corrected chi connectivity index (χ1v) is 13.3. The molecule has 0 aliphatic carbocycles. The Balaban J connectivity index is 0.000000304. The zero-order valence-corrected chi connectivity index (χ0v) is 22.8. The van der Waals surface area contributed by atoms with Crippen LogP contribution in [-0.4, -0.2) is 97.4 Å². The smallest absolute Gasteiger partial charge is 0.328 e. The van der Waals surface area contributed by atoms with Crippen molar-refractivity contribution in [2.75, 3.05) is 32.7 Å². The summed E-state index contributed by atoms with van der Waals surface area (Å²) in [6.07, 6.45) is 11.1. The fourth-order valence-electron chi connectivity index (χ4n) is 4.79. The van der Waals surface area contributed by atoms with E-state index in [0.717, 1.165) is 18.2 Å². The molecule has 1 aromatic heterocycles. The Morgan fingerprint density at radius 1 is 0.829 bits per heavy atom. The lowest BCUT2D eigenvalue weighted by Gasteiger charge is -2.44. The van der Waals surface area contributed by atoms with Gasteiger partial charge in [0.1, 0.15) is 0 Å². The van der Waals surface area contributed by atoms with Crippen LogP contribution in [0.5, 0.6) is 0 Å². The summed E-state index contributed by atoms with van der Waals surface area (Å²) in [6.45, 7) is 7.44. The van der Waals surface area contributed by atoms with Crippen LogP contribution >= 0.6 is 0 Å². The van der Waals surface area contributed by atoms with E-state index in [0.29, 0.717) is 24.3 Å². The number of aromatic nitrogens is 1. The van der Waals surface area contributed by atoms with E-state index in [1.807, 2.05) is 12.1 Å². The van der Waals surface area contributed by atoms with E-state index in [4.69, 9.17) is 25.7 Å². The predicted molar refractivity (Wildman–Crippen MR) is 150 cm³/mol. The molecule has 1 atom stereocenters. The average Bonchev–Trinajstić information content (AvgIpc) is 3.35. The highest BCUT2D eigenvalue weighted by atomic mass is 16.4. The molecule has 0 bridgehead atoms. The number of piperidine rings is 1. The zero-order valence-electron chi connectivity index (χ0n) is 22.8. The van der Waals surface area contributed by atoms with Crippen molar-refractivity contribution in [3.63, 3.8) is 0 Å². The Labute approximate surface area is 238 Å². The van der Waals surface area contributed by atoms with Crippen LogP contribution < -0.4 is 0 Å². The molecule has 2 saturated heterocycles. The topological polar surface area (TPSA) is 184 Å². The molecule has 12 nitrogen and oxygen atoms in total. The maximum absolute atomic E-state index is 9.55. The molecule has 2 aromatic rings. The van der Waals surface area contributed by atoms with Gasteiger partial charge in [-0.25, -0.2) is 19.2 Å². The van der Waals surface area contributed by atoms with Crippen LogP contribution in [-0.2, 0) is 25.7 Å². The summed E-state index contributed by atoms with van der Waals surface area (Å²) in [7, 11) is 0. The number of nitrogens with zero attached hydrogens (tertiary/aromatic N) is 4. The molecule has 0 radical (unpaired) electrons. The maximum atomic E-state index is 9.55. The van der Waals surface area contributed by atoms with Crippen molar-refractivity contribution in [3.8, 4) is 6.07 Å². The van der Waals surface area contributed by atoms with E-state index in [1.165, 1.54) is 75.7 Å². The van der Waals surface area contributed by atoms with Crippen molar-refractivity contribution in [2.24, 2.45) is 0 Å². The van der Waals surface area contributed by atoms with Crippen LogP contribution in [0.3, 0.4) is 0 Å². The first-order chi connectivity index (χ1) is 19.6. The fraction of sp³-hybridized carbons (Fsp3) is 0.414. The van der Waals surface area contributed by atoms with Crippen LogP contribution in [0.2, 0.25) is 0 Å². The van der Waals surface area contributed by atoms with Gasteiger partial charge in [-0.15, -0.1) is 0 Å². The quantitative estimate of drug-likeness (QED) is 0.257. The lowest BCUT2D eigenvalue weighted by Crippen LogP contribution is -2.54. The van der Waals surface area contributed by atoms with E-state index in [9.17, 15) is 19.2 Å². The molecule has 0 spiro atoms. The van der Waals surface area contributed by atoms with Gasteiger partial charge in [0, 0.05) is 73.6 Å². The van der Waals surface area contributed by atoms with Gasteiger partial charge in [0.2, 0.25) is 0 Å². The lowest BCUT2D eigenvalue weighted by molar-refractivity contribution is -0.134. The second kappa shape index (κ2) is 17.3. The number of hydrogen-bond donors (Lipinski definition) is 4. The van der Waals surface area contributed by atoms with E-state index < -0.39 is 23.9 Å². The number of carboxylic acid groups (broad SMARTS) is 4. The van der Waals surface area contributed by atoms with Crippen LogP contribution in [0.1, 0.15) is 37.7 Å². The summed E-state index contributed by atoms with van der Waals surface area (Å²) in [4.78, 5) is 43.6. The lowest BCUT2D eigenvalue weighted by atomic mass is 9.99. The number of nitriles is 1. The Morgan fingerprint density at radius 3 is 2.02 bits per heavy atom. The number of rotatable bonds is 9. The number of aliphatic carboxylic acids is 4. The maximum Gasteiger partial charge on any atom is 0.328 e. The van der Waals surface area contributed by atoms with Crippen molar-refractivity contribution in [3.05, 3.63) is 60.3 Å². The molecule has 12 heteroatoms. The Morgan fingerprint density at radius 2 is 1.44 bits per heavy atom. The summed E-state index contributed by atoms with van der Waals surface area (Å²) >= 11 is 0. The minimum atomic E-state index is -1.26. The van der Waals surface area contributed by atoms with Crippen LogP contribution in [0.25, 0.3) is 10.9 Å². The molecule has 4 N–H and O–H groups in total. The first-order valence-electron chi connectivity index (χ1n) is 13.3. The Kier molecular flexibility index (Phi) is 13.8. The van der Waals surface area contributed by atoms with Gasteiger partial charge in [0.05, 0.1) is 11.6 Å². The summed E-state index contributed by atoms with van der Waals surface area (Å²) in [6, 6.07) is 11.1. The Bertz CT molecular complexity index is 1230. The summed E-state index contributed by atoms with van der Waals surface area (Å²) in [5.41, 5.74) is 1.99. The minimum Gasteiger partial charge on any atom is -0.478 e. The monoisotopic (exact) mass is 568 g/mol. The van der Waals surface area contributed by atoms with Crippen molar-refractivity contribution >= 4 is 34.8 Å². The number of fused-ring (bicyclic) bond motifs is 2. The van der Waals surface area contributed by atoms with E-state index in [2.05, 4.69) is 38.8 Å². The second-order valence-electron chi connectivity index (χ2n) is 9.61. The van der Waals surface area contributed by atoms with Crippen LogP contribution in [0.4, 0.5) is 0 Å². The molecular weight excluding hydrogens is 532 g/mol. The van der Waals surface area contributed by atoms with E-state index in [-0.39, 0.29) is 0 Å². The van der Waals surface area contributed by atoms with Gasteiger partial charge in [0.25, 0.3) is 0 Å². The van der Waals surface area contributed by atoms with Crippen molar-refractivity contribution in [2.45, 2.75) is 44.7 Å². The highest BCUT2D eigenvalue weighted by Crippen LogP contribution is 2.22. The van der Waals surface area contributed by atoms with Crippen molar-refractivity contribution < 1.29 is 39.6 Å². The van der Waals surface area contributed by atoms with Crippen LogP contribution in [0.15, 0.2) is 54.8 Å². The molecule has 2 fully saturated rings. The minimum absolute atomic E-state index is 0.558. The normalized spacial score (nSPS) is 17.1. The van der Waals surface area contributed by atoms with Gasteiger partial charge < -0.3 is 29.9 Å². The standard InChI is InChI=1S/C21H28N4.2C4H4O4/c22-16-18-6-7-21-19(15-18)8-12-25(21)11-4-3-9-23-13-14-24-10-2-1-5-20(24)17-23;2*5-3(6)1-2-4(7)8/h6-8,12,15,20H,1-5,9-11,13-14,17H2;2*1-2H,(H,5,6)(H,7,8)/b;2*2-1+. The average molecular weight is 569 g/mol. The molecule has 41 heavy (non-hydrogen) atoms. The van der Waals surface area contributed by atoms with E-state index in [1.54, 1.807) is 0 Å². The predicted octanol–water partition coefficient (Wildman–Crippen LogP) is 2.89. The van der Waals surface area contributed by atoms with Gasteiger partial charge in [-0.2, -0.15) is 5.26 Å². The molecule has 220 valence electrons. The molecule has 0 amide bonds. The van der Waals surface area contributed by atoms with Crippen molar-refractivity contribution in [1.82, 2.24) is 14.4 Å². The fourth-order valence-corrected chi connectivity index (χ4v) is 4.79. The summed E-state index contributed by atoms with van der Waals surface area (Å²) in [5.74, 6) is -5.03. The Hall–Kier alpha value is -4.47. The molecule has 3 heterocycles. The second-order valence-corrected chi connectivity index (χ2v) is 9.61. The third kappa shape index (κ3) is 12.5. The van der Waals surface area contributed by atoms with E-state index >= 15 is 0 Å². The van der Waals surface area contributed by atoms with Gasteiger partial charge >= 0.3 is 23.9 Å². The van der Waals surface area contributed by atoms with Gasteiger partial charge in [-0.1, -0.05) is 6.42 Å². The SMILES string of the molecule is N#Cc1ccc2c(ccn2CCCCN2CCN3CCCCC3C2)c1.O=C(O)/C=C/C(=O)O.O=C(O)/C=C/C(=O)O. The van der Waals surface area contributed by atoms with Gasteiger partial charge in [-0.3, -0.25) is 4.90 Å². The number of piperazine rings is 1. The summed E-state index contributed by atoms with van der Waals surface area (Å²) in [5, 5.41) is 41.4. The number of carbonyl (C=O) groups is 4. The first kappa shape index (κ1) is 32.7. The summed E-state index contributed by atoms with van der Waals surface area (Å²) < 4.78 is 2.33. The zero-order chi connectivity index (χ0) is 30.2. The number of benzene rings is 1. The van der Waals surface area contributed by atoms with Crippen LogP contribution in [0, 0.1) is 11.3 Å². The third-order valence-corrected chi connectivity index (χ3v) is 6.68. The molecule has 0 saturated carbocycles. The molecule has 2 aliphatic rings. The molecule has 2 aliphatic heterocycles.